The molecule has 0 aliphatic carbocycles. The smallest absolute Gasteiger partial charge is 0.192 e. The lowest BCUT2D eigenvalue weighted by Gasteiger charge is -2.13. The van der Waals surface area contributed by atoms with E-state index in [1.165, 1.54) is 0 Å². The van der Waals surface area contributed by atoms with Gasteiger partial charge in [-0.3, -0.25) is 4.79 Å². The summed E-state index contributed by atoms with van der Waals surface area (Å²) in [4.78, 5) is 12.1. The summed E-state index contributed by atoms with van der Waals surface area (Å²) in [6, 6.07) is 0. The van der Waals surface area contributed by atoms with E-state index in [1.54, 1.807) is 0 Å². The van der Waals surface area contributed by atoms with Crippen molar-refractivity contribution >= 4 is 5.57 Å². The number of allylic oxidation sites excluding steroid dienone is 2. The van der Waals surface area contributed by atoms with E-state index < -0.39 is 0 Å². The zero-order valence-electron chi connectivity index (χ0n) is 10.9. The van der Waals surface area contributed by atoms with E-state index in [-0.39, 0.29) is 5.43 Å². The minimum absolute atomic E-state index is 0.128. The van der Waals surface area contributed by atoms with Crippen LogP contribution in [0.4, 0.5) is 0 Å². The molecule has 0 aliphatic rings. The molecule has 0 amide bonds. The molecule has 0 bridgehead atoms. The van der Waals surface area contributed by atoms with Crippen LogP contribution in [0.2, 0.25) is 0 Å². The first-order valence-electron chi connectivity index (χ1n) is 5.42. The van der Waals surface area contributed by atoms with Crippen molar-refractivity contribution in [2.24, 2.45) is 7.05 Å². The third-order valence-corrected chi connectivity index (χ3v) is 3.32. The molecule has 0 aliphatic heterocycles. The molecule has 0 saturated carbocycles. The van der Waals surface area contributed by atoms with Gasteiger partial charge < -0.3 is 9.88 Å². The number of aromatic nitrogens is 1. The van der Waals surface area contributed by atoms with Crippen LogP contribution in [0.25, 0.3) is 5.57 Å². The lowest BCUT2D eigenvalue weighted by atomic mass is 10.0. The molecule has 0 radical (unpaired) electrons. The number of rotatable bonds is 2. The third-order valence-electron chi connectivity index (χ3n) is 3.32. The normalized spacial score (nSPS) is 12.4. The second kappa shape index (κ2) is 4.56. The fourth-order valence-corrected chi connectivity index (χ4v) is 1.64. The number of pyridine rings is 1. The van der Waals surface area contributed by atoms with Crippen LogP contribution < -0.4 is 10.7 Å². The van der Waals surface area contributed by atoms with E-state index in [0.717, 1.165) is 28.1 Å². The van der Waals surface area contributed by atoms with Crippen LogP contribution in [0, 0.1) is 13.8 Å². The van der Waals surface area contributed by atoms with Crippen LogP contribution in [0.5, 0.6) is 0 Å². The number of aryl methyl sites for hydroxylation is 1. The molecule has 0 aromatic carbocycles. The van der Waals surface area contributed by atoms with Crippen LogP contribution in [0.3, 0.4) is 0 Å². The Morgan fingerprint density at radius 2 is 1.88 bits per heavy atom. The second-order valence-corrected chi connectivity index (χ2v) is 4.19. The largest absolute Gasteiger partial charge is 0.391 e. The first kappa shape index (κ1) is 12.6. The Labute approximate surface area is 96.8 Å². The van der Waals surface area contributed by atoms with E-state index >= 15 is 0 Å². The molecule has 0 spiro atoms. The van der Waals surface area contributed by atoms with Crippen molar-refractivity contribution in [2.45, 2.75) is 27.7 Å². The van der Waals surface area contributed by atoms with Gasteiger partial charge >= 0.3 is 0 Å². The molecule has 0 saturated heterocycles. The Balaban J connectivity index is 3.55. The van der Waals surface area contributed by atoms with Crippen LogP contribution in [0.1, 0.15) is 30.7 Å². The first-order valence-corrected chi connectivity index (χ1v) is 5.42. The lowest BCUT2D eigenvalue weighted by Crippen LogP contribution is -2.18. The average molecular weight is 220 g/mol. The summed E-state index contributed by atoms with van der Waals surface area (Å²) < 4.78 is 2.00. The van der Waals surface area contributed by atoms with E-state index in [9.17, 15) is 4.79 Å². The summed E-state index contributed by atoms with van der Waals surface area (Å²) in [6.45, 7) is 7.79. The van der Waals surface area contributed by atoms with Crippen molar-refractivity contribution in [3.8, 4) is 0 Å². The molecule has 0 unspecified atom stereocenters. The van der Waals surface area contributed by atoms with Gasteiger partial charge in [-0.15, -0.1) is 0 Å². The maximum Gasteiger partial charge on any atom is 0.192 e. The molecule has 1 N–H and O–H groups in total. The van der Waals surface area contributed by atoms with Crippen molar-refractivity contribution in [3.63, 3.8) is 0 Å². The molecule has 3 nitrogen and oxygen atoms in total. The van der Waals surface area contributed by atoms with Gasteiger partial charge in [-0.2, -0.15) is 0 Å². The summed E-state index contributed by atoms with van der Waals surface area (Å²) in [5.41, 5.74) is 4.78. The highest BCUT2D eigenvalue weighted by molar-refractivity contribution is 5.66. The molecule has 3 heteroatoms. The van der Waals surface area contributed by atoms with Gasteiger partial charge in [0.05, 0.1) is 0 Å². The summed E-state index contributed by atoms with van der Waals surface area (Å²) in [6.07, 6.45) is 1.90. The van der Waals surface area contributed by atoms with E-state index in [1.807, 2.05) is 52.6 Å². The number of hydrogen-bond acceptors (Lipinski definition) is 2. The van der Waals surface area contributed by atoms with E-state index in [0.29, 0.717) is 0 Å². The fourth-order valence-electron chi connectivity index (χ4n) is 1.64. The number of nitrogens with one attached hydrogen (secondary N) is 1. The highest BCUT2D eigenvalue weighted by atomic mass is 16.1. The lowest BCUT2D eigenvalue weighted by molar-refractivity contribution is 0.835. The molecule has 1 heterocycles. The minimum Gasteiger partial charge on any atom is -0.391 e. The van der Waals surface area contributed by atoms with Crippen molar-refractivity contribution < 1.29 is 0 Å². The van der Waals surface area contributed by atoms with Gasteiger partial charge in [0.25, 0.3) is 0 Å². The maximum absolute atomic E-state index is 12.1. The van der Waals surface area contributed by atoms with Gasteiger partial charge in [0.2, 0.25) is 0 Å². The Morgan fingerprint density at radius 1 is 1.31 bits per heavy atom. The minimum atomic E-state index is 0.128. The van der Waals surface area contributed by atoms with Crippen molar-refractivity contribution in [2.75, 3.05) is 7.05 Å². The van der Waals surface area contributed by atoms with Gasteiger partial charge in [-0.1, -0.05) is 0 Å². The fraction of sp³-hybridized carbons (Fsp3) is 0.462. The summed E-state index contributed by atoms with van der Waals surface area (Å²) >= 11 is 0. The van der Waals surface area contributed by atoms with Crippen molar-refractivity contribution in [1.29, 1.82) is 0 Å². The van der Waals surface area contributed by atoms with Crippen LogP contribution in [0.15, 0.2) is 16.7 Å². The predicted molar refractivity (Wildman–Crippen MR) is 68.5 cm³/mol. The molecular weight excluding hydrogens is 200 g/mol. The standard InChI is InChI=1S/C13H20N2O/c1-8(10(3)14-5)12-7-15(6)11(4)9(2)13(12)16/h7,14H,1-6H3/b10-8-. The molecule has 0 atom stereocenters. The van der Waals surface area contributed by atoms with Gasteiger partial charge in [-0.05, 0) is 33.3 Å². The third kappa shape index (κ3) is 2.03. The molecule has 1 aromatic heterocycles. The average Bonchev–Trinajstić information content (AvgIpc) is 2.29. The van der Waals surface area contributed by atoms with Crippen LogP contribution in [-0.4, -0.2) is 11.6 Å². The SMILES string of the molecule is CN/C(C)=C(/C)c1cn(C)c(C)c(C)c1=O. The Morgan fingerprint density at radius 3 is 2.38 bits per heavy atom. The second-order valence-electron chi connectivity index (χ2n) is 4.19. The molecule has 1 aromatic rings. The highest BCUT2D eigenvalue weighted by Gasteiger charge is 2.10. The van der Waals surface area contributed by atoms with Crippen molar-refractivity contribution in [1.82, 2.24) is 9.88 Å². The summed E-state index contributed by atoms with van der Waals surface area (Å²) in [7, 11) is 3.83. The van der Waals surface area contributed by atoms with Crippen LogP contribution >= 0.6 is 0 Å². The zero-order chi connectivity index (χ0) is 12.5. The topological polar surface area (TPSA) is 34.0 Å². The first-order chi connectivity index (χ1) is 7.40. The van der Waals surface area contributed by atoms with Gasteiger partial charge in [-0.25, -0.2) is 0 Å². The number of hydrogen-bond donors (Lipinski definition) is 1. The van der Waals surface area contributed by atoms with Crippen molar-refractivity contribution in [3.05, 3.63) is 38.9 Å². The quantitative estimate of drug-likeness (QED) is 0.827. The number of nitrogens with zero attached hydrogens (tertiary/aromatic N) is 1. The Bertz CT molecular complexity index is 495. The molecule has 1 rings (SSSR count). The van der Waals surface area contributed by atoms with Gasteiger partial charge in [0.15, 0.2) is 5.43 Å². The van der Waals surface area contributed by atoms with Gasteiger partial charge in [0.1, 0.15) is 0 Å². The Hall–Kier alpha value is -1.51. The van der Waals surface area contributed by atoms with Gasteiger partial charge in [0, 0.05) is 42.8 Å². The molecule has 0 fully saturated rings. The molecular formula is C13H20N2O. The predicted octanol–water partition coefficient (Wildman–Crippen LogP) is 1.97. The van der Waals surface area contributed by atoms with Crippen LogP contribution in [-0.2, 0) is 7.05 Å². The van der Waals surface area contributed by atoms with E-state index in [2.05, 4.69) is 5.32 Å². The molecule has 16 heavy (non-hydrogen) atoms. The monoisotopic (exact) mass is 220 g/mol. The summed E-state index contributed by atoms with van der Waals surface area (Å²) in [5.74, 6) is 0. The molecule has 88 valence electrons. The van der Waals surface area contributed by atoms with E-state index in [4.69, 9.17) is 0 Å². The zero-order valence-corrected chi connectivity index (χ0v) is 10.9. The Kier molecular flexibility index (Phi) is 3.58. The highest BCUT2D eigenvalue weighted by Crippen LogP contribution is 2.14. The summed E-state index contributed by atoms with van der Waals surface area (Å²) in [5, 5.41) is 3.08. The maximum atomic E-state index is 12.1.